The first-order chi connectivity index (χ1) is 11.5. The van der Waals surface area contributed by atoms with Crippen molar-refractivity contribution in [3.63, 3.8) is 0 Å². The van der Waals surface area contributed by atoms with Crippen LogP contribution in [0.3, 0.4) is 0 Å². The molecule has 0 atom stereocenters. The minimum atomic E-state index is -0.103. The first-order valence-electron chi connectivity index (χ1n) is 8.14. The van der Waals surface area contributed by atoms with Gasteiger partial charge >= 0.3 is 0 Å². The Kier molecular flexibility index (Phi) is 6.18. The molecule has 0 aliphatic carbocycles. The number of hydrogen-bond acceptors (Lipinski definition) is 3. The lowest BCUT2D eigenvalue weighted by Gasteiger charge is -2.20. The predicted molar refractivity (Wildman–Crippen MR) is 93.6 cm³/mol. The molecule has 2 aromatic rings. The molecule has 0 radical (unpaired) electrons. The number of rotatable bonds is 7. The fraction of sp³-hybridized carbons (Fsp3) is 0.368. The second kappa shape index (κ2) is 8.34. The smallest absolute Gasteiger partial charge is 0.226 e. The van der Waals surface area contributed by atoms with Crippen LogP contribution in [0.5, 0.6) is 0 Å². The number of amides is 2. The Labute approximate surface area is 142 Å². The zero-order valence-corrected chi connectivity index (χ0v) is 14.4. The summed E-state index contributed by atoms with van der Waals surface area (Å²) < 4.78 is 5.26. The van der Waals surface area contributed by atoms with Crippen molar-refractivity contribution in [3.8, 4) is 0 Å². The zero-order valence-electron chi connectivity index (χ0n) is 14.4. The lowest BCUT2D eigenvalue weighted by Crippen LogP contribution is -2.31. The summed E-state index contributed by atoms with van der Waals surface area (Å²) in [5, 5.41) is 2.94. The second-order valence-electron chi connectivity index (χ2n) is 6.06. The van der Waals surface area contributed by atoms with E-state index in [1.165, 1.54) is 6.92 Å². The minimum absolute atomic E-state index is 0.0817. The highest BCUT2D eigenvalue weighted by molar-refractivity contribution is 5.92. The molecule has 1 aromatic carbocycles. The second-order valence-corrected chi connectivity index (χ2v) is 6.06. The maximum Gasteiger partial charge on any atom is 0.226 e. The lowest BCUT2D eigenvalue weighted by atomic mass is 10.0. The Morgan fingerprint density at radius 1 is 1.17 bits per heavy atom. The van der Waals surface area contributed by atoms with Crippen LogP contribution in [0.25, 0.3) is 0 Å². The van der Waals surface area contributed by atoms with Gasteiger partial charge in [-0.05, 0) is 29.7 Å². The van der Waals surface area contributed by atoms with Crippen LogP contribution in [0.2, 0.25) is 0 Å². The van der Waals surface area contributed by atoms with Crippen LogP contribution < -0.4 is 5.32 Å². The van der Waals surface area contributed by atoms with Crippen molar-refractivity contribution < 1.29 is 14.0 Å². The Balaban J connectivity index is 1.93. The number of anilines is 1. The van der Waals surface area contributed by atoms with E-state index < -0.39 is 0 Å². The summed E-state index contributed by atoms with van der Waals surface area (Å²) in [6.45, 7) is 6.40. The molecular formula is C19H24N2O3. The number of carbonyl (C=O) groups is 2. The molecule has 0 fully saturated rings. The summed E-state index contributed by atoms with van der Waals surface area (Å²) in [5.74, 6) is 0.848. The maximum atomic E-state index is 12.2. The molecule has 0 aliphatic heterocycles. The number of nitrogens with one attached hydrogen (secondary N) is 1. The molecule has 2 amide bonds. The molecule has 0 spiro atoms. The van der Waals surface area contributed by atoms with Gasteiger partial charge in [-0.1, -0.05) is 32.0 Å². The van der Waals surface area contributed by atoms with E-state index in [4.69, 9.17) is 4.42 Å². The highest BCUT2D eigenvalue weighted by atomic mass is 16.3. The van der Waals surface area contributed by atoms with E-state index in [-0.39, 0.29) is 18.2 Å². The average Bonchev–Trinajstić information content (AvgIpc) is 3.04. The summed E-state index contributed by atoms with van der Waals surface area (Å²) in [5.41, 5.74) is 1.93. The number of benzene rings is 1. The lowest BCUT2D eigenvalue weighted by molar-refractivity contribution is -0.130. The predicted octanol–water partition coefficient (Wildman–Crippen LogP) is 3.78. The van der Waals surface area contributed by atoms with E-state index >= 15 is 0 Å². The summed E-state index contributed by atoms with van der Waals surface area (Å²) in [4.78, 5) is 25.6. The van der Waals surface area contributed by atoms with E-state index in [0.717, 1.165) is 11.3 Å². The van der Waals surface area contributed by atoms with Gasteiger partial charge in [0.25, 0.3) is 0 Å². The number of furan rings is 1. The molecule has 0 bridgehead atoms. The molecule has 0 saturated heterocycles. The Hall–Kier alpha value is -2.56. The standard InChI is InChI=1S/C19H24N2O3/c1-14(2)17-8-4-5-9-18(17)20-19(23)10-11-21(15(3)22)13-16-7-6-12-24-16/h4-9,12,14H,10-11,13H2,1-3H3,(H,20,23). The molecule has 5 heteroatoms. The van der Waals surface area contributed by atoms with Crippen LogP contribution in [0.15, 0.2) is 47.1 Å². The number of carbonyl (C=O) groups excluding carboxylic acids is 2. The molecule has 0 unspecified atom stereocenters. The van der Waals surface area contributed by atoms with Crippen LogP contribution in [0.1, 0.15) is 44.4 Å². The van der Waals surface area contributed by atoms with Gasteiger partial charge in [-0.3, -0.25) is 9.59 Å². The Morgan fingerprint density at radius 2 is 1.92 bits per heavy atom. The van der Waals surface area contributed by atoms with Gasteiger partial charge in [0.2, 0.25) is 11.8 Å². The topological polar surface area (TPSA) is 62.6 Å². The fourth-order valence-corrected chi connectivity index (χ4v) is 2.50. The molecule has 1 heterocycles. The monoisotopic (exact) mass is 328 g/mol. The SMILES string of the molecule is CC(=O)N(CCC(=O)Nc1ccccc1C(C)C)Cc1ccco1. The minimum Gasteiger partial charge on any atom is -0.467 e. The van der Waals surface area contributed by atoms with Gasteiger partial charge in [0.1, 0.15) is 5.76 Å². The molecule has 2 rings (SSSR count). The average molecular weight is 328 g/mol. The van der Waals surface area contributed by atoms with Crippen molar-refractivity contribution in [2.75, 3.05) is 11.9 Å². The summed E-state index contributed by atoms with van der Waals surface area (Å²) in [6, 6.07) is 11.4. The van der Waals surface area contributed by atoms with Crippen molar-refractivity contribution in [3.05, 3.63) is 54.0 Å². The highest BCUT2D eigenvalue weighted by Gasteiger charge is 2.14. The quantitative estimate of drug-likeness (QED) is 0.841. The largest absolute Gasteiger partial charge is 0.467 e. The van der Waals surface area contributed by atoms with Gasteiger partial charge in [0.15, 0.2) is 0 Å². The third-order valence-electron chi connectivity index (χ3n) is 3.84. The maximum absolute atomic E-state index is 12.2. The van der Waals surface area contributed by atoms with Crippen LogP contribution in [0.4, 0.5) is 5.69 Å². The molecular weight excluding hydrogens is 304 g/mol. The van der Waals surface area contributed by atoms with Crippen molar-refractivity contribution >= 4 is 17.5 Å². The molecule has 1 N–H and O–H groups in total. The van der Waals surface area contributed by atoms with Gasteiger partial charge in [0, 0.05) is 25.6 Å². The van der Waals surface area contributed by atoms with Gasteiger partial charge in [0.05, 0.1) is 12.8 Å². The van der Waals surface area contributed by atoms with Crippen molar-refractivity contribution in [1.82, 2.24) is 4.90 Å². The Morgan fingerprint density at radius 3 is 2.54 bits per heavy atom. The molecule has 0 saturated carbocycles. The summed E-state index contributed by atoms with van der Waals surface area (Å²) in [6.07, 6.45) is 1.82. The highest BCUT2D eigenvalue weighted by Crippen LogP contribution is 2.23. The van der Waals surface area contributed by atoms with Crippen LogP contribution in [0, 0.1) is 0 Å². The Bertz CT molecular complexity index is 678. The van der Waals surface area contributed by atoms with Gasteiger partial charge in [-0.25, -0.2) is 0 Å². The van der Waals surface area contributed by atoms with Gasteiger partial charge in [-0.2, -0.15) is 0 Å². The third kappa shape index (κ3) is 4.98. The van der Waals surface area contributed by atoms with Gasteiger partial charge in [-0.15, -0.1) is 0 Å². The van der Waals surface area contributed by atoms with E-state index in [2.05, 4.69) is 19.2 Å². The van der Waals surface area contributed by atoms with Crippen molar-refractivity contribution in [1.29, 1.82) is 0 Å². The van der Waals surface area contributed by atoms with E-state index in [1.807, 2.05) is 30.3 Å². The first kappa shape index (κ1) is 17.8. The van der Waals surface area contributed by atoms with Crippen molar-refractivity contribution in [2.24, 2.45) is 0 Å². The molecule has 24 heavy (non-hydrogen) atoms. The molecule has 128 valence electrons. The summed E-state index contributed by atoms with van der Waals surface area (Å²) >= 11 is 0. The normalized spacial score (nSPS) is 10.7. The third-order valence-corrected chi connectivity index (χ3v) is 3.84. The number of hydrogen-bond donors (Lipinski definition) is 1. The molecule has 0 aliphatic rings. The van der Waals surface area contributed by atoms with Gasteiger partial charge < -0.3 is 14.6 Å². The first-order valence-corrected chi connectivity index (χ1v) is 8.14. The van der Waals surface area contributed by atoms with Crippen LogP contribution in [-0.4, -0.2) is 23.3 Å². The zero-order chi connectivity index (χ0) is 17.5. The van der Waals surface area contributed by atoms with E-state index in [1.54, 1.807) is 17.2 Å². The molecule has 1 aromatic heterocycles. The van der Waals surface area contributed by atoms with Crippen LogP contribution in [-0.2, 0) is 16.1 Å². The fourth-order valence-electron chi connectivity index (χ4n) is 2.50. The van der Waals surface area contributed by atoms with Crippen molar-refractivity contribution in [2.45, 2.75) is 39.7 Å². The number of nitrogens with zero attached hydrogens (tertiary/aromatic N) is 1. The van der Waals surface area contributed by atoms with E-state index in [0.29, 0.717) is 24.8 Å². The van der Waals surface area contributed by atoms with E-state index in [9.17, 15) is 9.59 Å². The summed E-state index contributed by atoms with van der Waals surface area (Å²) in [7, 11) is 0. The number of para-hydroxylation sites is 1. The molecule has 5 nitrogen and oxygen atoms in total. The van der Waals surface area contributed by atoms with Crippen LogP contribution >= 0.6 is 0 Å².